The molecule has 76 valence electrons. The minimum Gasteiger partial charge on any atom is -0.354 e. The van der Waals surface area contributed by atoms with Gasteiger partial charge in [-0.2, -0.15) is 0 Å². The largest absolute Gasteiger partial charge is 0.354 e. The lowest BCUT2D eigenvalue weighted by molar-refractivity contribution is -0.119. The van der Waals surface area contributed by atoms with Gasteiger partial charge < -0.3 is 10.2 Å². The molecule has 1 aliphatic heterocycles. The summed E-state index contributed by atoms with van der Waals surface area (Å²) in [5.74, 6) is 0.0776. The molecule has 1 fully saturated rings. The Morgan fingerprint density at radius 1 is 1.64 bits per heavy atom. The molecule has 0 aliphatic carbocycles. The summed E-state index contributed by atoms with van der Waals surface area (Å²) in [6, 6.07) is 0. The van der Waals surface area contributed by atoms with Crippen LogP contribution in [-0.2, 0) is 4.79 Å². The molecule has 0 radical (unpaired) electrons. The van der Waals surface area contributed by atoms with E-state index in [1.165, 1.54) is 0 Å². The van der Waals surface area contributed by atoms with Crippen LogP contribution < -0.4 is 10.2 Å². The van der Waals surface area contributed by atoms with Crippen LogP contribution in [0.1, 0.15) is 6.42 Å². The Morgan fingerprint density at radius 3 is 3.21 bits per heavy atom. The van der Waals surface area contributed by atoms with E-state index < -0.39 is 0 Å². The number of amides is 1. The van der Waals surface area contributed by atoms with E-state index in [1.54, 1.807) is 11.3 Å². The van der Waals surface area contributed by atoms with Crippen molar-refractivity contribution >= 4 is 38.3 Å². The average Bonchev–Trinajstić information content (AvgIpc) is 2.45. The highest BCUT2D eigenvalue weighted by Crippen LogP contribution is 2.23. The Kier molecular flexibility index (Phi) is 3.02. The lowest BCUT2D eigenvalue weighted by Gasteiger charge is -2.16. The van der Waals surface area contributed by atoms with Gasteiger partial charge in [0.2, 0.25) is 5.91 Å². The van der Waals surface area contributed by atoms with Crippen LogP contribution in [0.4, 0.5) is 5.13 Å². The minimum absolute atomic E-state index is 0.0776. The van der Waals surface area contributed by atoms with Crippen molar-refractivity contribution in [2.45, 2.75) is 6.42 Å². The third-order valence-electron chi connectivity index (χ3n) is 2.00. The second kappa shape index (κ2) is 4.27. The van der Waals surface area contributed by atoms with Crippen LogP contribution in [0.25, 0.3) is 0 Å². The summed E-state index contributed by atoms with van der Waals surface area (Å²) >= 11 is 4.86. The molecule has 2 rings (SSSR count). The van der Waals surface area contributed by atoms with E-state index in [4.69, 9.17) is 0 Å². The zero-order valence-electron chi connectivity index (χ0n) is 7.49. The fourth-order valence-corrected chi connectivity index (χ4v) is 2.64. The number of rotatable bonds is 1. The molecular formula is C8H10BrN3OS. The molecule has 0 bridgehead atoms. The lowest BCUT2D eigenvalue weighted by atomic mass is 10.4. The van der Waals surface area contributed by atoms with E-state index in [2.05, 4.69) is 26.2 Å². The number of carbonyl (C=O) groups is 1. The summed E-state index contributed by atoms with van der Waals surface area (Å²) in [5, 5.41) is 5.68. The number of nitrogens with one attached hydrogen (secondary N) is 1. The van der Waals surface area contributed by atoms with Crippen LogP contribution in [0.2, 0.25) is 0 Å². The van der Waals surface area contributed by atoms with Crippen LogP contribution in [0.3, 0.4) is 0 Å². The maximum atomic E-state index is 11.3. The second-order valence-corrected chi connectivity index (χ2v) is 4.73. The molecule has 0 aromatic carbocycles. The Hall–Kier alpha value is -0.620. The van der Waals surface area contributed by atoms with Crippen molar-refractivity contribution in [3.63, 3.8) is 0 Å². The Morgan fingerprint density at radius 2 is 2.50 bits per heavy atom. The molecule has 1 aromatic rings. The van der Waals surface area contributed by atoms with Gasteiger partial charge in [0, 0.05) is 18.5 Å². The van der Waals surface area contributed by atoms with Crippen molar-refractivity contribution in [1.29, 1.82) is 0 Å². The van der Waals surface area contributed by atoms with Gasteiger partial charge in [-0.15, -0.1) is 11.3 Å². The molecule has 1 saturated heterocycles. The average molecular weight is 276 g/mol. The SMILES string of the molecule is O=C1CN(c2nc(Br)cs2)CCCN1. The van der Waals surface area contributed by atoms with Crippen molar-refractivity contribution in [2.75, 3.05) is 24.5 Å². The van der Waals surface area contributed by atoms with Crippen LogP contribution in [0, 0.1) is 0 Å². The van der Waals surface area contributed by atoms with Crippen molar-refractivity contribution in [3.8, 4) is 0 Å². The Bertz CT molecular complexity index is 341. The third-order valence-corrected chi connectivity index (χ3v) is 3.61. The highest BCUT2D eigenvalue weighted by Gasteiger charge is 2.17. The van der Waals surface area contributed by atoms with Gasteiger partial charge >= 0.3 is 0 Å². The van der Waals surface area contributed by atoms with Gasteiger partial charge in [-0.25, -0.2) is 4.98 Å². The number of carbonyl (C=O) groups excluding carboxylic acids is 1. The smallest absolute Gasteiger partial charge is 0.239 e. The predicted octanol–water partition coefficient (Wildman–Crippen LogP) is 1.23. The summed E-state index contributed by atoms with van der Waals surface area (Å²) in [4.78, 5) is 17.6. The molecule has 0 unspecified atom stereocenters. The van der Waals surface area contributed by atoms with Gasteiger partial charge in [-0.1, -0.05) is 0 Å². The van der Waals surface area contributed by atoms with E-state index in [9.17, 15) is 4.79 Å². The van der Waals surface area contributed by atoms with Gasteiger partial charge in [-0.05, 0) is 22.4 Å². The molecule has 1 aliphatic rings. The topological polar surface area (TPSA) is 45.2 Å². The maximum absolute atomic E-state index is 11.3. The van der Waals surface area contributed by atoms with E-state index in [1.807, 2.05) is 10.3 Å². The first-order valence-electron chi connectivity index (χ1n) is 4.38. The summed E-state index contributed by atoms with van der Waals surface area (Å²) in [5.41, 5.74) is 0. The first-order chi connectivity index (χ1) is 6.75. The molecule has 2 heterocycles. The summed E-state index contributed by atoms with van der Waals surface area (Å²) in [6.45, 7) is 2.07. The number of thiazole rings is 1. The normalized spacial score (nSPS) is 17.8. The quantitative estimate of drug-likeness (QED) is 0.839. The monoisotopic (exact) mass is 275 g/mol. The van der Waals surface area contributed by atoms with Crippen LogP contribution >= 0.6 is 27.3 Å². The van der Waals surface area contributed by atoms with Crippen LogP contribution in [-0.4, -0.2) is 30.5 Å². The second-order valence-electron chi connectivity index (χ2n) is 3.08. The van der Waals surface area contributed by atoms with Gasteiger partial charge in [0.15, 0.2) is 5.13 Å². The van der Waals surface area contributed by atoms with E-state index in [-0.39, 0.29) is 5.91 Å². The molecule has 6 heteroatoms. The first kappa shape index (κ1) is 9.92. The molecular weight excluding hydrogens is 266 g/mol. The number of anilines is 1. The summed E-state index contributed by atoms with van der Waals surface area (Å²) in [7, 11) is 0. The van der Waals surface area contributed by atoms with Crippen molar-refractivity contribution in [2.24, 2.45) is 0 Å². The van der Waals surface area contributed by atoms with E-state index in [0.717, 1.165) is 29.2 Å². The number of hydrogen-bond donors (Lipinski definition) is 1. The number of nitrogens with zero attached hydrogens (tertiary/aromatic N) is 2. The van der Waals surface area contributed by atoms with Gasteiger partial charge in [0.25, 0.3) is 0 Å². The van der Waals surface area contributed by atoms with Crippen molar-refractivity contribution < 1.29 is 4.79 Å². The number of hydrogen-bond acceptors (Lipinski definition) is 4. The zero-order valence-corrected chi connectivity index (χ0v) is 9.90. The highest BCUT2D eigenvalue weighted by molar-refractivity contribution is 9.10. The predicted molar refractivity (Wildman–Crippen MR) is 59.7 cm³/mol. The molecule has 1 amide bonds. The molecule has 0 atom stereocenters. The van der Waals surface area contributed by atoms with Gasteiger partial charge in [0.1, 0.15) is 4.60 Å². The third kappa shape index (κ3) is 2.24. The molecule has 0 spiro atoms. The fraction of sp³-hybridized carbons (Fsp3) is 0.500. The van der Waals surface area contributed by atoms with E-state index in [0.29, 0.717) is 6.54 Å². The Balaban J connectivity index is 2.12. The molecule has 1 N–H and O–H groups in total. The van der Waals surface area contributed by atoms with E-state index >= 15 is 0 Å². The minimum atomic E-state index is 0.0776. The number of halogens is 1. The zero-order chi connectivity index (χ0) is 9.97. The lowest BCUT2D eigenvalue weighted by Crippen LogP contribution is -2.32. The summed E-state index contributed by atoms with van der Waals surface area (Å²) in [6.07, 6.45) is 0.975. The summed E-state index contributed by atoms with van der Waals surface area (Å²) < 4.78 is 0.835. The van der Waals surface area contributed by atoms with Crippen LogP contribution in [0.15, 0.2) is 9.98 Å². The maximum Gasteiger partial charge on any atom is 0.239 e. The molecule has 0 saturated carbocycles. The first-order valence-corrected chi connectivity index (χ1v) is 6.05. The van der Waals surface area contributed by atoms with Crippen molar-refractivity contribution in [3.05, 3.63) is 9.98 Å². The standard InChI is InChI=1S/C8H10BrN3OS/c9-6-5-14-8(11-6)12-3-1-2-10-7(13)4-12/h5H,1-4H2,(H,10,13). The van der Waals surface area contributed by atoms with Crippen molar-refractivity contribution in [1.82, 2.24) is 10.3 Å². The van der Waals surface area contributed by atoms with Gasteiger partial charge in [0.05, 0.1) is 6.54 Å². The molecule has 4 nitrogen and oxygen atoms in total. The highest BCUT2D eigenvalue weighted by atomic mass is 79.9. The number of aromatic nitrogens is 1. The molecule has 14 heavy (non-hydrogen) atoms. The van der Waals surface area contributed by atoms with Gasteiger partial charge in [-0.3, -0.25) is 4.79 Å². The Labute approximate surface area is 94.4 Å². The van der Waals surface area contributed by atoms with Crippen LogP contribution in [0.5, 0.6) is 0 Å². The molecule has 1 aromatic heterocycles. The fourth-order valence-electron chi connectivity index (χ4n) is 1.36.